The summed E-state index contributed by atoms with van der Waals surface area (Å²) in [6, 6.07) is 0. The van der Waals surface area contributed by atoms with E-state index in [0.717, 1.165) is 49.7 Å². The minimum atomic E-state index is -0.764. The summed E-state index contributed by atoms with van der Waals surface area (Å²) >= 11 is 0. The van der Waals surface area contributed by atoms with Crippen LogP contribution >= 0.6 is 0 Å². The molecular weight excluding hydrogens is 244 g/mol. The zero-order valence-electron chi connectivity index (χ0n) is 11.5. The van der Waals surface area contributed by atoms with Crippen LogP contribution in [0, 0.1) is 6.92 Å². The maximum absolute atomic E-state index is 10.7. The molecule has 1 fully saturated rings. The summed E-state index contributed by atoms with van der Waals surface area (Å²) in [6.45, 7) is 7.41. The molecule has 0 bridgehead atoms. The van der Waals surface area contributed by atoms with Gasteiger partial charge in [0.1, 0.15) is 12.1 Å². The van der Waals surface area contributed by atoms with Gasteiger partial charge in [0.15, 0.2) is 0 Å². The summed E-state index contributed by atoms with van der Waals surface area (Å²) in [5, 5.41) is 8.79. The van der Waals surface area contributed by atoms with Gasteiger partial charge in [-0.2, -0.15) is 0 Å². The maximum Gasteiger partial charge on any atom is 0.317 e. The van der Waals surface area contributed by atoms with E-state index >= 15 is 0 Å². The van der Waals surface area contributed by atoms with Crippen LogP contribution in [0.15, 0.2) is 6.33 Å². The van der Waals surface area contributed by atoms with Gasteiger partial charge in [0.2, 0.25) is 0 Å². The first kappa shape index (κ1) is 13.7. The number of nitrogens with zero attached hydrogens (tertiary/aromatic N) is 4. The number of anilines is 1. The number of rotatable bonds is 4. The number of carboxylic acid groups (broad SMARTS) is 1. The van der Waals surface area contributed by atoms with E-state index in [4.69, 9.17) is 5.11 Å². The Morgan fingerprint density at radius 2 is 2.00 bits per heavy atom. The smallest absolute Gasteiger partial charge is 0.317 e. The standard InChI is InChI=1S/C13H20N4O2/c1-3-11-10(2)13(15-9-14-11)17-6-4-16(5-7-17)8-12(18)19/h9H,3-8H2,1-2H3,(H,18,19). The monoisotopic (exact) mass is 264 g/mol. The van der Waals surface area contributed by atoms with Crippen molar-refractivity contribution in [1.82, 2.24) is 14.9 Å². The zero-order chi connectivity index (χ0) is 13.8. The lowest BCUT2D eigenvalue weighted by molar-refractivity contribution is -0.138. The average Bonchev–Trinajstić information content (AvgIpc) is 2.39. The van der Waals surface area contributed by atoms with Crippen molar-refractivity contribution in [3.8, 4) is 0 Å². The van der Waals surface area contributed by atoms with E-state index in [1.54, 1.807) is 6.33 Å². The van der Waals surface area contributed by atoms with Gasteiger partial charge in [0, 0.05) is 37.4 Å². The molecule has 1 aliphatic heterocycles. The van der Waals surface area contributed by atoms with Crippen LogP contribution in [0.3, 0.4) is 0 Å². The lowest BCUT2D eigenvalue weighted by atomic mass is 10.1. The number of piperazine rings is 1. The molecule has 19 heavy (non-hydrogen) atoms. The maximum atomic E-state index is 10.7. The SMILES string of the molecule is CCc1ncnc(N2CCN(CC(=O)O)CC2)c1C. The Hall–Kier alpha value is -1.69. The summed E-state index contributed by atoms with van der Waals surface area (Å²) in [5.74, 6) is 0.224. The summed E-state index contributed by atoms with van der Waals surface area (Å²) in [7, 11) is 0. The van der Waals surface area contributed by atoms with Gasteiger partial charge in [-0.05, 0) is 13.3 Å². The molecule has 2 heterocycles. The number of hydrogen-bond acceptors (Lipinski definition) is 5. The van der Waals surface area contributed by atoms with E-state index in [9.17, 15) is 4.79 Å². The normalized spacial score (nSPS) is 16.6. The van der Waals surface area contributed by atoms with Crippen LogP contribution in [0.5, 0.6) is 0 Å². The summed E-state index contributed by atoms with van der Waals surface area (Å²) in [5.41, 5.74) is 2.22. The highest BCUT2D eigenvalue weighted by Gasteiger charge is 2.21. The first-order valence-electron chi connectivity index (χ1n) is 6.61. The number of carbonyl (C=O) groups is 1. The van der Waals surface area contributed by atoms with Gasteiger partial charge in [-0.1, -0.05) is 6.92 Å². The third kappa shape index (κ3) is 3.20. The molecule has 0 amide bonds. The first-order valence-corrected chi connectivity index (χ1v) is 6.61. The molecule has 1 saturated heterocycles. The third-order valence-electron chi connectivity index (χ3n) is 3.53. The van der Waals surface area contributed by atoms with Crippen LogP contribution in [0.2, 0.25) is 0 Å². The van der Waals surface area contributed by atoms with Crippen molar-refractivity contribution in [1.29, 1.82) is 0 Å². The minimum absolute atomic E-state index is 0.122. The van der Waals surface area contributed by atoms with E-state index in [-0.39, 0.29) is 6.54 Å². The summed E-state index contributed by atoms with van der Waals surface area (Å²) in [6.07, 6.45) is 2.52. The zero-order valence-corrected chi connectivity index (χ0v) is 11.5. The predicted octanol–water partition coefficient (Wildman–Crippen LogP) is 0.554. The third-order valence-corrected chi connectivity index (χ3v) is 3.53. The van der Waals surface area contributed by atoms with Crippen LogP contribution < -0.4 is 4.90 Å². The Morgan fingerprint density at radius 3 is 2.58 bits per heavy atom. The molecule has 1 aliphatic rings. The van der Waals surface area contributed by atoms with E-state index in [0.29, 0.717) is 0 Å². The lowest BCUT2D eigenvalue weighted by Crippen LogP contribution is -2.48. The molecule has 0 aromatic carbocycles. The molecule has 0 radical (unpaired) electrons. The van der Waals surface area contributed by atoms with Crippen molar-refractivity contribution >= 4 is 11.8 Å². The van der Waals surface area contributed by atoms with Gasteiger partial charge in [0.05, 0.1) is 6.54 Å². The molecule has 0 unspecified atom stereocenters. The summed E-state index contributed by atoms with van der Waals surface area (Å²) in [4.78, 5) is 23.5. The fraction of sp³-hybridized carbons (Fsp3) is 0.615. The second-order valence-corrected chi connectivity index (χ2v) is 4.78. The van der Waals surface area contributed by atoms with Crippen molar-refractivity contribution < 1.29 is 9.90 Å². The molecule has 0 aliphatic carbocycles. The van der Waals surface area contributed by atoms with Crippen molar-refractivity contribution in [3.05, 3.63) is 17.6 Å². The quantitative estimate of drug-likeness (QED) is 0.856. The molecule has 6 heteroatoms. The number of hydrogen-bond donors (Lipinski definition) is 1. The Labute approximate surface area is 113 Å². The fourth-order valence-electron chi connectivity index (χ4n) is 2.46. The number of carboxylic acids is 1. The summed E-state index contributed by atoms with van der Waals surface area (Å²) < 4.78 is 0. The van der Waals surface area contributed by atoms with Gasteiger partial charge in [-0.25, -0.2) is 9.97 Å². The molecule has 1 aromatic heterocycles. The second kappa shape index (κ2) is 5.97. The topological polar surface area (TPSA) is 69.6 Å². The van der Waals surface area contributed by atoms with Crippen molar-refractivity contribution in [3.63, 3.8) is 0 Å². The van der Waals surface area contributed by atoms with Crippen LogP contribution in [0.25, 0.3) is 0 Å². The molecule has 1 N–H and O–H groups in total. The van der Waals surface area contributed by atoms with Crippen molar-refractivity contribution in [2.75, 3.05) is 37.6 Å². The molecule has 2 rings (SSSR count). The van der Waals surface area contributed by atoms with Gasteiger partial charge >= 0.3 is 5.97 Å². The first-order chi connectivity index (χ1) is 9.11. The highest BCUT2D eigenvalue weighted by Crippen LogP contribution is 2.20. The fourth-order valence-corrected chi connectivity index (χ4v) is 2.46. The van der Waals surface area contributed by atoms with Gasteiger partial charge in [-0.3, -0.25) is 9.69 Å². The van der Waals surface area contributed by atoms with Crippen LogP contribution in [0.1, 0.15) is 18.2 Å². The molecular formula is C13H20N4O2. The van der Waals surface area contributed by atoms with Gasteiger partial charge in [-0.15, -0.1) is 0 Å². The minimum Gasteiger partial charge on any atom is -0.480 e. The highest BCUT2D eigenvalue weighted by atomic mass is 16.4. The second-order valence-electron chi connectivity index (χ2n) is 4.78. The molecule has 104 valence electrons. The number of aromatic nitrogens is 2. The Kier molecular flexibility index (Phi) is 4.31. The average molecular weight is 264 g/mol. The van der Waals surface area contributed by atoms with E-state index < -0.39 is 5.97 Å². The Balaban J connectivity index is 2.03. The molecule has 0 atom stereocenters. The van der Waals surface area contributed by atoms with E-state index in [1.165, 1.54) is 0 Å². The number of aryl methyl sites for hydroxylation is 1. The van der Waals surface area contributed by atoms with Crippen molar-refractivity contribution in [2.24, 2.45) is 0 Å². The molecule has 6 nitrogen and oxygen atoms in total. The van der Waals surface area contributed by atoms with Gasteiger partial charge < -0.3 is 10.0 Å². The predicted molar refractivity (Wildman–Crippen MR) is 72.4 cm³/mol. The molecule has 0 saturated carbocycles. The van der Waals surface area contributed by atoms with Gasteiger partial charge in [0.25, 0.3) is 0 Å². The van der Waals surface area contributed by atoms with Crippen LogP contribution in [-0.2, 0) is 11.2 Å². The van der Waals surface area contributed by atoms with Crippen LogP contribution in [0.4, 0.5) is 5.82 Å². The number of aliphatic carboxylic acids is 1. The molecule has 1 aromatic rings. The lowest BCUT2D eigenvalue weighted by Gasteiger charge is -2.35. The van der Waals surface area contributed by atoms with Crippen LogP contribution in [-0.4, -0.2) is 58.7 Å². The largest absolute Gasteiger partial charge is 0.480 e. The van der Waals surface area contributed by atoms with E-state index in [2.05, 4.69) is 28.7 Å². The van der Waals surface area contributed by atoms with E-state index in [1.807, 2.05) is 4.90 Å². The Bertz CT molecular complexity index is 456. The Morgan fingerprint density at radius 1 is 1.32 bits per heavy atom. The highest BCUT2D eigenvalue weighted by molar-refractivity contribution is 5.69. The molecule has 0 spiro atoms. The van der Waals surface area contributed by atoms with Crippen molar-refractivity contribution in [2.45, 2.75) is 20.3 Å².